The SMILES string of the molecule is O=C(O)c1ccc(CC2CCNCC2)c(Br)c1. The average molecular weight is 298 g/mol. The number of hydrogen-bond acceptors (Lipinski definition) is 2. The highest BCUT2D eigenvalue weighted by atomic mass is 79.9. The summed E-state index contributed by atoms with van der Waals surface area (Å²) >= 11 is 3.46. The second kappa shape index (κ2) is 5.65. The number of rotatable bonds is 3. The molecule has 2 rings (SSSR count). The molecule has 0 unspecified atom stereocenters. The quantitative estimate of drug-likeness (QED) is 0.902. The van der Waals surface area contributed by atoms with Crippen molar-refractivity contribution in [2.75, 3.05) is 13.1 Å². The van der Waals surface area contributed by atoms with Gasteiger partial charge in [-0.25, -0.2) is 4.79 Å². The summed E-state index contributed by atoms with van der Waals surface area (Å²) in [4.78, 5) is 10.8. The predicted molar refractivity (Wildman–Crippen MR) is 70.4 cm³/mol. The van der Waals surface area contributed by atoms with Gasteiger partial charge in [0.1, 0.15) is 0 Å². The van der Waals surface area contributed by atoms with Gasteiger partial charge in [0.15, 0.2) is 0 Å². The number of aromatic carboxylic acids is 1. The van der Waals surface area contributed by atoms with E-state index < -0.39 is 5.97 Å². The fourth-order valence-electron chi connectivity index (χ4n) is 2.24. The van der Waals surface area contributed by atoms with Gasteiger partial charge in [-0.2, -0.15) is 0 Å². The minimum atomic E-state index is -0.876. The molecular weight excluding hydrogens is 282 g/mol. The van der Waals surface area contributed by atoms with Gasteiger partial charge >= 0.3 is 5.97 Å². The number of benzene rings is 1. The zero-order valence-corrected chi connectivity index (χ0v) is 11.2. The van der Waals surface area contributed by atoms with E-state index in [-0.39, 0.29) is 0 Å². The summed E-state index contributed by atoms with van der Waals surface area (Å²) in [6.07, 6.45) is 3.43. The lowest BCUT2D eigenvalue weighted by atomic mass is 9.91. The highest BCUT2D eigenvalue weighted by Gasteiger charge is 2.15. The van der Waals surface area contributed by atoms with Gasteiger partial charge in [-0.1, -0.05) is 22.0 Å². The van der Waals surface area contributed by atoms with E-state index >= 15 is 0 Å². The molecule has 1 fully saturated rings. The van der Waals surface area contributed by atoms with E-state index in [2.05, 4.69) is 21.2 Å². The Morgan fingerprint density at radius 1 is 1.41 bits per heavy atom. The molecule has 0 saturated carbocycles. The van der Waals surface area contributed by atoms with Crippen molar-refractivity contribution in [2.45, 2.75) is 19.3 Å². The Labute approximate surface area is 109 Å². The van der Waals surface area contributed by atoms with Crippen LogP contribution in [-0.2, 0) is 6.42 Å². The molecule has 0 aromatic heterocycles. The summed E-state index contributed by atoms with van der Waals surface area (Å²) in [6.45, 7) is 2.19. The van der Waals surface area contributed by atoms with Gasteiger partial charge in [0.05, 0.1) is 5.56 Å². The second-order valence-electron chi connectivity index (χ2n) is 4.51. The van der Waals surface area contributed by atoms with Crippen molar-refractivity contribution in [3.63, 3.8) is 0 Å². The number of carboxylic acids is 1. The van der Waals surface area contributed by atoms with Gasteiger partial charge in [-0.05, 0) is 56.0 Å². The number of halogens is 1. The van der Waals surface area contributed by atoms with E-state index in [1.54, 1.807) is 12.1 Å². The van der Waals surface area contributed by atoms with Crippen LogP contribution in [0.3, 0.4) is 0 Å². The van der Waals surface area contributed by atoms with Gasteiger partial charge in [0.25, 0.3) is 0 Å². The predicted octanol–water partition coefficient (Wildman–Crippen LogP) is 2.69. The smallest absolute Gasteiger partial charge is 0.335 e. The molecule has 1 heterocycles. The van der Waals surface area contributed by atoms with Crippen LogP contribution in [0.5, 0.6) is 0 Å². The van der Waals surface area contributed by atoms with Gasteiger partial charge < -0.3 is 10.4 Å². The lowest BCUT2D eigenvalue weighted by Crippen LogP contribution is -2.28. The van der Waals surface area contributed by atoms with E-state index in [0.29, 0.717) is 11.5 Å². The third-order valence-corrected chi connectivity index (χ3v) is 4.01. The first-order valence-corrected chi connectivity index (χ1v) is 6.68. The van der Waals surface area contributed by atoms with Crippen LogP contribution in [0.4, 0.5) is 0 Å². The molecule has 0 aliphatic carbocycles. The van der Waals surface area contributed by atoms with Gasteiger partial charge in [-0.3, -0.25) is 0 Å². The van der Waals surface area contributed by atoms with Crippen molar-refractivity contribution in [1.29, 1.82) is 0 Å². The molecule has 0 radical (unpaired) electrons. The topological polar surface area (TPSA) is 49.3 Å². The molecule has 2 N–H and O–H groups in total. The van der Waals surface area contributed by atoms with Crippen LogP contribution in [0.1, 0.15) is 28.8 Å². The second-order valence-corrected chi connectivity index (χ2v) is 5.36. The highest BCUT2D eigenvalue weighted by Crippen LogP contribution is 2.25. The maximum Gasteiger partial charge on any atom is 0.335 e. The van der Waals surface area contributed by atoms with Crippen molar-refractivity contribution < 1.29 is 9.90 Å². The van der Waals surface area contributed by atoms with Gasteiger partial charge in [0, 0.05) is 4.47 Å². The Morgan fingerprint density at radius 3 is 2.71 bits per heavy atom. The third kappa shape index (κ3) is 3.30. The van der Waals surface area contributed by atoms with E-state index in [1.165, 1.54) is 18.4 Å². The number of carboxylic acid groups (broad SMARTS) is 1. The number of hydrogen-bond donors (Lipinski definition) is 2. The van der Waals surface area contributed by atoms with Crippen LogP contribution in [0, 0.1) is 5.92 Å². The summed E-state index contributed by atoms with van der Waals surface area (Å²) in [5.41, 5.74) is 1.55. The molecule has 17 heavy (non-hydrogen) atoms. The third-order valence-electron chi connectivity index (χ3n) is 3.27. The summed E-state index contributed by atoms with van der Waals surface area (Å²) in [5.74, 6) is -0.164. The minimum absolute atomic E-state index is 0.339. The molecule has 3 nitrogen and oxygen atoms in total. The minimum Gasteiger partial charge on any atom is -0.478 e. The lowest BCUT2D eigenvalue weighted by Gasteiger charge is -2.23. The Morgan fingerprint density at radius 2 is 2.12 bits per heavy atom. The van der Waals surface area contributed by atoms with Crippen molar-refractivity contribution >= 4 is 21.9 Å². The molecule has 1 saturated heterocycles. The lowest BCUT2D eigenvalue weighted by molar-refractivity contribution is 0.0697. The fourth-order valence-corrected chi connectivity index (χ4v) is 2.78. The van der Waals surface area contributed by atoms with Gasteiger partial charge in [-0.15, -0.1) is 0 Å². The monoisotopic (exact) mass is 297 g/mol. The first-order valence-electron chi connectivity index (χ1n) is 5.89. The molecule has 4 heteroatoms. The zero-order chi connectivity index (χ0) is 12.3. The Kier molecular flexibility index (Phi) is 4.18. The van der Waals surface area contributed by atoms with Crippen molar-refractivity contribution in [3.8, 4) is 0 Å². The van der Waals surface area contributed by atoms with E-state index in [1.807, 2.05) is 6.07 Å². The Bertz CT molecular complexity index is 414. The Balaban J connectivity index is 2.08. The van der Waals surface area contributed by atoms with Crippen molar-refractivity contribution in [3.05, 3.63) is 33.8 Å². The molecular formula is C13H16BrNO2. The van der Waals surface area contributed by atoms with Crippen LogP contribution in [0.2, 0.25) is 0 Å². The van der Waals surface area contributed by atoms with Crippen LogP contribution in [0.15, 0.2) is 22.7 Å². The standard InChI is InChI=1S/C13H16BrNO2/c14-12-8-11(13(16)17)2-1-10(12)7-9-3-5-15-6-4-9/h1-2,8-9,15H,3-7H2,(H,16,17). The summed E-state index contributed by atoms with van der Waals surface area (Å²) in [7, 11) is 0. The molecule has 92 valence electrons. The number of nitrogens with one attached hydrogen (secondary N) is 1. The molecule has 1 aliphatic rings. The molecule has 1 aromatic rings. The van der Waals surface area contributed by atoms with Gasteiger partial charge in [0.2, 0.25) is 0 Å². The maximum atomic E-state index is 10.8. The van der Waals surface area contributed by atoms with Crippen LogP contribution in [0.25, 0.3) is 0 Å². The van der Waals surface area contributed by atoms with Crippen LogP contribution in [-0.4, -0.2) is 24.2 Å². The van der Waals surface area contributed by atoms with Crippen LogP contribution >= 0.6 is 15.9 Å². The normalized spacial score (nSPS) is 17.0. The largest absolute Gasteiger partial charge is 0.478 e. The molecule has 0 amide bonds. The van der Waals surface area contributed by atoms with Crippen LogP contribution < -0.4 is 5.32 Å². The summed E-state index contributed by atoms with van der Waals surface area (Å²) < 4.78 is 0.913. The first-order chi connectivity index (χ1) is 8.16. The number of carbonyl (C=O) groups is 1. The average Bonchev–Trinajstić information content (AvgIpc) is 2.33. The molecule has 1 aliphatic heterocycles. The highest BCUT2D eigenvalue weighted by molar-refractivity contribution is 9.10. The Hall–Kier alpha value is -0.870. The molecule has 0 bridgehead atoms. The van der Waals surface area contributed by atoms with Crippen molar-refractivity contribution in [2.24, 2.45) is 5.92 Å². The zero-order valence-electron chi connectivity index (χ0n) is 9.58. The van der Waals surface area contributed by atoms with Crippen molar-refractivity contribution in [1.82, 2.24) is 5.32 Å². The molecule has 0 atom stereocenters. The summed E-state index contributed by atoms with van der Waals surface area (Å²) in [6, 6.07) is 5.30. The fraction of sp³-hybridized carbons (Fsp3) is 0.462. The first kappa shape index (κ1) is 12.6. The molecule has 0 spiro atoms. The van der Waals surface area contributed by atoms with E-state index in [0.717, 1.165) is 24.0 Å². The number of piperidine rings is 1. The maximum absolute atomic E-state index is 10.8. The summed E-state index contributed by atoms with van der Waals surface area (Å²) in [5, 5.41) is 12.2. The molecule has 1 aromatic carbocycles. The van der Waals surface area contributed by atoms with E-state index in [4.69, 9.17) is 5.11 Å². The van der Waals surface area contributed by atoms with E-state index in [9.17, 15) is 4.79 Å².